The number of nitrogens with zero attached hydrogens (tertiary/aromatic N) is 3. The van der Waals surface area contributed by atoms with Crippen LogP contribution in [0.3, 0.4) is 0 Å². The monoisotopic (exact) mass is 460 g/mol. The first kappa shape index (κ1) is 21.4. The third kappa shape index (κ3) is 4.05. The summed E-state index contributed by atoms with van der Waals surface area (Å²) in [7, 11) is 0. The van der Waals surface area contributed by atoms with E-state index in [2.05, 4.69) is 20.7 Å². The molecule has 2 aliphatic rings. The third-order valence-electron chi connectivity index (χ3n) is 5.05. The lowest BCUT2D eigenvalue weighted by Crippen LogP contribution is -2.71. The summed E-state index contributed by atoms with van der Waals surface area (Å²) in [5.74, 6) is -1.31. The number of aliphatic carboxylic acids is 1. The van der Waals surface area contributed by atoms with Crippen LogP contribution in [0.1, 0.15) is 17.3 Å². The SMILES string of the molecule is Cc1n[nH]nc1SCC1=C(C(=O)O)N2C(=O)C(NC(=O)C(N)c3ccccc3)[C@H]2SC1. The van der Waals surface area contributed by atoms with Gasteiger partial charge in [-0.1, -0.05) is 42.1 Å². The molecule has 2 aliphatic heterocycles. The largest absolute Gasteiger partial charge is 0.477 e. The Labute approximate surface area is 186 Å². The Morgan fingerprint density at radius 3 is 2.77 bits per heavy atom. The van der Waals surface area contributed by atoms with Crippen molar-refractivity contribution in [3.8, 4) is 0 Å². The molecule has 0 spiro atoms. The molecule has 10 nitrogen and oxygen atoms in total. The number of rotatable bonds is 7. The number of H-pyrrole nitrogens is 1. The fraction of sp³-hybridized carbons (Fsp3) is 0.316. The molecule has 0 bridgehead atoms. The molecule has 0 saturated carbocycles. The highest BCUT2D eigenvalue weighted by atomic mass is 32.2. The van der Waals surface area contributed by atoms with Crippen molar-refractivity contribution in [3.63, 3.8) is 0 Å². The number of carbonyl (C=O) groups is 3. The first-order chi connectivity index (χ1) is 14.9. The summed E-state index contributed by atoms with van der Waals surface area (Å²) in [5.41, 5.74) is 7.97. The van der Waals surface area contributed by atoms with E-state index in [-0.39, 0.29) is 5.70 Å². The highest BCUT2D eigenvalue weighted by molar-refractivity contribution is 8.01. The summed E-state index contributed by atoms with van der Waals surface area (Å²) in [6.45, 7) is 1.80. The first-order valence-corrected chi connectivity index (χ1v) is 11.4. The van der Waals surface area contributed by atoms with Gasteiger partial charge in [0, 0.05) is 11.5 Å². The van der Waals surface area contributed by atoms with Crippen molar-refractivity contribution >= 4 is 41.3 Å². The quantitative estimate of drug-likeness (QED) is 0.344. The van der Waals surface area contributed by atoms with E-state index in [0.29, 0.717) is 27.7 Å². The normalized spacial score (nSPS) is 21.4. The molecule has 3 atom stereocenters. The summed E-state index contributed by atoms with van der Waals surface area (Å²) in [5, 5.41) is 23.1. The van der Waals surface area contributed by atoms with Crippen LogP contribution in [0, 0.1) is 6.92 Å². The number of carboxylic acid groups (broad SMARTS) is 1. The Morgan fingerprint density at radius 2 is 2.13 bits per heavy atom. The molecule has 3 heterocycles. The molecule has 2 aromatic rings. The van der Waals surface area contributed by atoms with Gasteiger partial charge in [-0.2, -0.15) is 10.3 Å². The number of aromatic amines is 1. The van der Waals surface area contributed by atoms with Gasteiger partial charge in [-0.3, -0.25) is 14.5 Å². The van der Waals surface area contributed by atoms with Crippen LogP contribution < -0.4 is 11.1 Å². The smallest absolute Gasteiger partial charge is 0.352 e. The number of thioether (sulfide) groups is 2. The number of aromatic nitrogens is 3. The van der Waals surface area contributed by atoms with E-state index >= 15 is 0 Å². The van der Waals surface area contributed by atoms with Crippen molar-refractivity contribution in [2.75, 3.05) is 11.5 Å². The second-order valence-corrected chi connectivity index (χ2v) is 9.11. The predicted molar refractivity (Wildman–Crippen MR) is 115 cm³/mol. The summed E-state index contributed by atoms with van der Waals surface area (Å²) in [6.07, 6.45) is 0. The maximum absolute atomic E-state index is 12.8. The number of hydrogen-bond acceptors (Lipinski definition) is 8. The van der Waals surface area contributed by atoms with Gasteiger partial charge in [-0.05, 0) is 18.1 Å². The van der Waals surface area contributed by atoms with Gasteiger partial charge in [0.25, 0.3) is 5.91 Å². The zero-order valence-corrected chi connectivity index (χ0v) is 18.1. The molecule has 1 aromatic carbocycles. The van der Waals surface area contributed by atoms with Crippen LogP contribution in [0.5, 0.6) is 0 Å². The standard InChI is InChI=1S/C19H20N6O4S2/c1-9-16(23-24-22-9)30-7-11-8-31-18-13(17(27)25(18)14(11)19(28)29)21-15(26)12(20)10-5-3-2-4-6-10/h2-6,12-13,18H,7-8,20H2,1H3,(H,21,26)(H,28,29)(H,22,23,24)/t12?,13?,18-/m1/s1. The van der Waals surface area contributed by atoms with Crippen LogP contribution in [0.4, 0.5) is 0 Å². The zero-order valence-electron chi connectivity index (χ0n) is 16.4. The van der Waals surface area contributed by atoms with Gasteiger partial charge < -0.3 is 16.2 Å². The fourth-order valence-electron chi connectivity index (χ4n) is 3.42. The van der Waals surface area contributed by atoms with Gasteiger partial charge in [0.15, 0.2) is 0 Å². The summed E-state index contributed by atoms with van der Waals surface area (Å²) >= 11 is 2.78. The second kappa shape index (κ2) is 8.73. The van der Waals surface area contributed by atoms with Crippen LogP contribution >= 0.6 is 23.5 Å². The molecule has 162 valence electrons. The molecule has 0 aliphatic carbocycles. The molecule has 1 aromatic heterocycles. The van der Waals surface area contributed by atoms with E-state index in [0.717, 1.165) is 5.69 Å². The summed E-state index contributed by atoms with van der Waals surface area (Å²) in [6, 6.07) is 7.12. The third-order valence-corrected chi connectivity index (χ3v) is 7.54. The second-order valence-electron chi connectivity index (χ2n) is 7.04. The van der Waals surface area contributed by atoms with Crippen molar-refractivity contribution in [2.24, 2.45) is 5.73 Å². The molecule has 31 heavy (non-hydrogen) atoms. The number of nitrogens with one attached hydrogen (secondary N) is 2. The Hall–Kier alpha value is -2.83. The Balaban J connectivity index is 1.46. The van der Waals surface area contributed by atoms with Gasteiger partial charge in [0.2, 0.25) is 5.91 Å². The lowest BCUT2D eigenvalue weighted by molar-refractivity contribution is -0.150. The number of nitrogens with two attached hydrogens (primary N) is 1. The predicted octanol–water partition coefficient (Wildman–Crippen LogP) is 0.644. The van der Waals surface area contributed by atoms with Gasteiger partial charge in [0.05, 0.1) is 5.69 Å². The van der Waals surface area contributed by atoms with E-state index < -0.39 is 35.2 Å². The number of carbonyl (C=O) groups excluding carboxylic acids is 2. The first-order valence-electron chi connectivity index (χ1n) is 9.39. The number of carboxylic acids is 1. The minimum atomic E-state index is -1.17. The number of amides is 2. The van der Waals surface area contributed by atoms with Crippen LogP contribution in [0.25, 0.3) is 0 Å². The Bertz CT molecular complexity index is 1060. The zero-order chi connectivity index (χ0) is 22.1. The number of aryl methyl sites for hydroxylation is 1. The van der Waals surface area contributed by atoms with Gasteiger partial charge in [-0.15, -0.1) is 16.9 Å². The van der Waals surface area contributed by atoms with Gasteiger partial charge in [-0.25, -0.2) is 4.79 Å². The number of benzene rings is 1. The topological polar surface area (TPSA) is 154 Å². The number of hydrogen-bond donors (Lipinski definition) is 4. The lowest BCUT2D eigenvalue weighted by atomic mass is 10.0. The van der Waals surface area contributed by atoms with Crippen molar-refractivity contribution in [1.29, 1.82) is 0 Å². The maximum Gasteiger partial charge on any atom is 0.352 e. The number of β-lactam (4-membered cyclic amide) rings is 1. The molecule has 12 heteroatoms. The highest BCUT2D eigenvalue weighted by Crippen LogP contribution is 2.41. The van der Waals surface area contributed by atoms with Crippen molar-refractivity contribution in [2.45, 2.75) is 29.4 Å². The van der Waals surface area contributed by atoms with E-state index in [1.165, 1.54) is 28.4 Å². The van der Waals surface area contributed by atoms with E-state index in [1.54, 1.807) is 31.2 Å². The minimum absolute atomic E-state index is 0.0275. The fourth-order valence-corrected chi connectivity index (χ4v) is 5.80. The molecular formula is C19H20N6O4S2. The van der Waals surface area contributed by atoms with Crippen molar-refractivity contribution in [1.82, 2.24) is 25.6 Å². The Morgan fingerprint density at radius 1 is 1.39 bits per heavy atom. The van der Waals surface area contributed by atoms with Crippen molar-refractivity contribution < 1.29 is 19.5 Å². The van der Waals surface area contributed by atoms with Crippen LogP contribution in [-0.2, 0) is 14.4 Å². The van der Waals surface area contributed by atoms with Crippen LogP contribution in [0.2, 0.25) is 0 Å². The highest BCUT2D eigenvalue weighted by Gasteiger charge is 2.54. The van der Waals surface area contributed by atoms with E-state index in [1.807, 2.05) is 6.07 Å². The lowest BCUT2D eigenvalue weighted by Gasteiger charge is -2.49. The number of fused-ring (bicyclic) bond motifs is 1. The minimum Gasteiger partial charge on any atom is -0.477 e. The average Bonchev–Trinajstić information content (AvgIpc) is 3.19. The van der Waals surface area contributed by atoms with E-state index in [9.17, 15) is 19.5 Å². The van der Waals surface area contributed by atoms with Gasteiger partial charge >= 0.3 is 5.97 Å². The molecule has 5 N–H and O–H groups in total. The molecular weight excluding hydrogens is 440 g/mol. The molecule has 2 unspecified atom stereocenters. The Kier molecular flexibility index (Phi) is 6.03. The van der Waals surface area contributed by atoms with E-state index in [4.69, 9.17) is 5.73 Å². The molecule has 0 radical (unpaired) electrons. The molecule has 4 rings (SSSR count). The summed E-state index contributed by atoms with van der Waals surface area (Å²) in [4.78, 5) is 38.5. The molecule has 1 fully saturated rings. The maximum atomic E-state index is 12.8. The van der Waals surface area contributed by atoms with Gasteiger partial charge in [0.1, 0.15) is 28.2 Å². The van der Waals surface area contributed by atoms with Crippen LogP contribution in [-0.4, -0.2) is 66.1 Å². The average molecular weight is 461 g/mol. The molecule has 1 saturated heterocycles. The van der Waals surface area contributed by atoms with Crippen molar-refractivity contribution in [3.05, 3.63) is 52.9 Å². The van der Waals surface area contributed by atoms with Crippen LogP contribution in [0.15, 0.2) is 46.6 Å². The molecule has 2 amide bonds. The summed E-state index contributed by atoms with van der Waals surface area (Å²) < 4.78 is 0.